The Bertz CT molecular complexity index is 1060. The van der Waals surface area contributed by atoms with Crippen molar-refractivity contribution in [3.8, 4) is 11.5 Å². The van der Waals surface area contributed by atoms with Gasteiger partial charge in [0.1, 0.15) is 6.61 Å². The highest BCUT2D eigenvalue weighted by molar-refractivity contribution is 5.77. The molecule has 1 atom stereocenters. The molecule has 0 bridgehead atoms. The van der Waals surface area contributed by atoms with Crippen LogP contribution in [-0.4, -0.2) is 88.9 Å². The number of amides is 1. The van der Waals surface area contributed by atoms with E-state index in [4.69, 9.17) is 18.9 Å². The summed E-state index contributed by atoms with van der Waals surface area (Å²) in [5, 5.41) is 22.8. The maximum atomic E-state index is 12.6. The van der Waals surface area contributed by atoms with Crippen LogP contribution in [0.1, 0.15) is 48.9 Å². The smallest absolute Gasteiger partial charge is 0.246 e. The average Bonchev–Trinajstić information content (AvgIpc) is 2.99. The number of rotatable bonds is 20. The van der Waals surface area contributed by atoms with E-state index in [0.717, 1.165) is 49.4 Å². The molecule has 0 saturated carbocycles. The van der Waals surface area contributed by atoms with E-state index in [2.05, 4.69) is 37.2 Å². The lowest BCUT2D eigenvalue weighted by molar-refractivity contribution is -0.126. The number of ether oxygens (including phenoxy) is 4. The number of carbonyl (C=O) groups excluding carboxylic acids is 1. The summed E-state index contributed by atoms with van der Waals surface area (Å²) in [6.45, 7) is 7.03. The second-order valence-electron chi connectivity index (χ2n) is 10.8. The largest absolute Gasteiger partial charge is 0.493 e. The summed E-state index contributed by atoms with van der Waals surface area (Å²) in [5.74, 6) is 1.47. The summed E-state index contributed by atoms with van der Waals surface area (Å²) >= 11 is 0. The van der Waals surface area contributed by atoms with Gasteiger partial charge in [0.25, 0.3) is 0 Å². The number of nitrogens with zero attached hydrogens (tertiary/aromatic N) is 1. The molecular formula is C32H50N2O7. The standard InChI is InChI=1S/C32H50N2O7/c1-24(2)32(23-33-31(37)22-41-17-16-38-4,28-10-9-26(20-35)27(19-28)21-36)13-7-14-34(3)15-12-25-8-11-29(39-5)30(18-25)40-6/h8-11,18-19,24,35-36H,7,12-17,20-23H2,1-6H3,(H,33,37). The number of aliphatic hydroxyl groups is 2. The van der Waals surface area contributed by atoms with E-state index in [1.807, 2.05) is 30.3 Å². The van der Waals surface area contributed by atoms with E-state index >= 15 is 0 Å². The molecule has 0 aliphatic rings. The second-order valence-corrected chi connectivity index (χ2v) is 10.8. The summed E-state index contributed by atoms with van der Waals surface area (Å²) in [6, 6.07) is 11.9. The molecule has 1 amide bonds. The fourth-order valence-electron chi connectivity index (χ4n) is 5.14. The molecule has 0 spiro atoms. The van der Waals surface area contributed by atoms with Crippen LogP contribution in [0.4, 0.5) is 0 Å². The van der Waals surface area contributed by atoms with Gasteiger partial charge in [-0.15, -0.1) is 0 Å². The lowest BCUT2D eigenvalue weighted by Gasteiger charge is -2.39. The number of hydrogen-bond acceptors (Lipinski definition) is 8. The van der Waals surface area contributed by atoms with E-state index in [0.29, 0.717) is 30.9 Å². The van der Waals surface area contributed by atoms with Crippen molar-refractivity contribution in [2.24, 2.45) is 5.92 Å². The lowest BCUT2D eigenvalue weighted by Crippen LogP contribution is -2.46. The van der Waals surface area contributed by atoms with Gasteiger partial charge in [-0.25, -0.2) is 0 Å². The lowest BCUT2D eigenvalue weighted by atomic mass is 9.68. The van der Waals surface area contributed by atoms with E-state index in [-0.39, 0.29) is 37.1 Å². The molecule has 2 rings (SSSR count). The number of hydrogen-bond donors (Lipinski definition) is 3. The minimum absolute atomic E-state index is 0.0260. The van der Waals surface area contributed by atoms with Crippen LogP contribution in [0, 0.1) is 5.92 Å². The minimum atomic E-state index is -0.371. The van der Waals surface area contributed by atoms with Crippen molar-refractivity contribution >= 4 is 5.91 Å². The Kier molecular flexibility index (Phi) is 15.1. The monoisotopic (exact) mass is 574 g/mol. The molecule has 0 fully saturated rings. The maximum absolute atomic E-state index is 12.6. The Hall–Kier alpha value is -2.69. The summed E-state index contributed by atoms with van der Waals surface area (Å²) in [6.07, 6.45) is 2.63. The normalized spacial score (nSPS) is 12.9. The number of methoxy groups -OCH3 is 3. The maximum Gasteiger partial charge on any atom is 0.246 e. The first kappa shape index (κ1) is 34.5. The van der Waals surface area contributed by atoms with Crippen molar-refractivity contribution in [2.45, 2.75) is 51.7 Å². The van der Waals surface area contributed by atoms with E-state index < -0.39 is 0 Å². The topological polar surface area (TPSA) is 110 Å². The van der Waals surface area contributed by atoms with E-state index in [9.17, 15) is 15.0 Å². The van der Waals surface area contributed by atoms with Crippen LogP contribution >= 0.6 is 0 Å². The quantitative estimate of drug-likeness (QED) is 0.207. The second kappa shape index (κ2) is 18.0. The fraction of sp³-hybridized carbons (Fsp3) is 0.594. The van der Waals surface area contributed by atoms with Crippen molar-refractivity contribution in [1.82, 2.24) is 10.2 Å². The van der Waals surface area contributed by atoms with Crippen LogP contribution in [0.25, 0.3) is 0 Å². The number of likely N-dealkylation sites (N-methyl/N-ethyl adjacent to an activating group) is 1. The predicted molar refractivity (Wildman–Crippen MR) is 160 cm³/mol. The first-order valence-corrected chi connectivity index (χ1v) is 14.3. The van der Waals surface area contributed by atoms with Gasteiger partial charge < -0.3 is 39.4 Å². The van der Waals surface area contributed by atoms with Crippen molar-refractivity contribution in [2.75, 3.05) is 67.8 Å². The van der Waals surface area contributed by atoms with E-state index in [1.165, 1.54) is 5.56 Å². The third-order valence-corrected chi connectivity index (χ3v) is 7.89. The summed E-state index contributed by atoms with van der Waals surface area (Å²) in [4.78, 5) is 15.0. The molecule has 2 aromatic carbocycles. The van der Waals surface area contributed by atoms with Crippen molar-refractivity contribution in [3.05, 3.63) is 58.7 Å². The zero-order valence-electron chi connectivity index (χ0n) is 25.7. The van der Waals surface area contributed by atoms with Gasteiger partial charge in [0.15, 0.2) is 11.5 Å². The molecule has 0 heterocycles. The number of carbonyl (C=O) groups is 1. The van der Waals surface area contributed by atoms with Crippen LogP contribution in [0.3, 0.4) is 0 Å². The summed E-state index contributed by atoms with van der Waals surface area (Å²) < 4.78 is 21.2. The van der Waals surface area contributed by atoms with Gasteiger partial charge in [-0.1, -0.05) is 38.1 Å². The zero-order chi connectivity index (χ0) is 30.3. The van der Waals surface area contributed by atoms with Gasteiger partial charge in [0, 0.05) is 25.6 Å². The molecule has 41 heavy (non-hydrogen) atoms. The molecular weight excluding hydrogens is 524 g/mol. The zero-order valence-corrected chi connectivity index (χ0v) is 25.7. The third kappa shape index (κ3) is 10.3. The van der Waals surface area contributed by atoms with Gasteiger partial charge in [0.05, 0.1) is 40.6 Å². The SMILES string of the molecule is COCCOCC(=O)NCC(CCCN(C)CCc1ccc(OC)c(OC)c1)(c1ccc(CO)c(CO)c1)C(C)C. The minimum Gasteiger partial charge on any atom is -0.493 e. The first-order chi connectivity index (χ1) is 19.7. The number of benzene rings is 2. The molecule has 0 radical (unpaired) electrons. The Morgan fingerprint density at radius 3 is 2.32 bits per heavy atom. The molecule has 0 aliphatic heterocycles. The van der Waals surface area contributed by atoms with Crippen LogP contribution in [-0.2, 0) is 39.3 Å². The van der Waals surface area contributed by atoms with Gasteiger partial charge in [0.2, 0.25) is 5.91 Å². The Labute approximate surface area is 245 Å². The molecule has 1 unspecified atom stereocenters. The predicted octanol–water partition coefficient (Wildman–Crippen LogP) is 3.32. The fourth-order valence-corrected chi connectivity index (χ4v) is 5.14. The Morgan fingerprint density at radius 1 is 0.951 bits per heavy atom. The highest BCUT2D eigenvalue weighted by Gasteiger charge is 2.36. The van der Waals surface area contributed by atoms with Gasteiger partial charge in [-0.3, -0.25) is 4.79 Å². The van der Waals surface area contributed by atoms with Crippen molar-refractivity contribution < 1.29 is 34.0 Å². The highest BCUT2D eigenvalue weighted by atomic mass is 16.5. The summed E-state index contributed by atoms with van der Waals surface area (Å²) in [5.41, 5.74) is 3.27. The molecule has 230 valence electrons. The Morgan fingerprint density at radius 2 is 1.68 bits per heavy atom. The van der Waals surface area contributed by atoms with Crippen LogP contribution in [0.2, 0.25) is 0 Å². The van der Waals surface area contributed by atoms with Crippen LogP contribution < -0.4 is 14.8 Å². The molecule has 3 N–H and O–H groups in total. The molecule has 0 aliphatic carbocycles. The van der Waals surface area contributed by atoms with Gasteiger partial charge >= 0.3 is 0 Å². The molecule has 9 nitrogen and oxygen atoms in total. The van der Waals surface area contributed by atoms with Crippen molar-refractivity contribution in [3.63, 3.8) is 0 Å². The van der Waals surface area contributed by atoms with Crippen LogP contribution in [0.15, 0.2) is 36.4 Å². The number of nitrogens with one attached hydrogen (secondary N) is 1. The highest BCUT2D eigenvalue weighted by Crippen LogP contribution is 2.38. The first-order valence-electron chi connectivity index (χ1n) is 14.3. The van der Waals surface area contributed by atoms with Crippen molar-refractivity contribution in [1.29, 1.82) is 0 Å². The van der Waals surface area contributed by atoms with Gasteiger partial charge in [-0.05, 0) is 73.2 Å². The molecule has 0 aromatic heterocycles. The Balaban J connectivity index is 2.14. The van der Waals surface area contributed by atoms with Gasteiger partial charge in [-0.2, -0.15) is 0 Å². The molecule has 0 saturated heterocycles. The van der Waals surface area contributed by atoms with Crippen LogP contribution in [0.5, 0.6) is 11.5 Å². The van der Waals surface area contributed by atoms with E-state index in [1.54, 1.807) is 21.3 Å². The average molecular weight is 575 g/mol. The number of aliphatic hydroxyl groups excluding tert-OH is 2. The third-order valence-electron chi connectivity index (χ3n) is 7.89. The molecule has 2 aromatic rings. The molecule has 9 heteroatoms. The summed E-state index contributed by atoms with van der Waals surface area (Å²) in [7, 11) is 7.00.